The van der Waals surface area contributed by atoms with Crippen LogP contribution in [0, 0.1) is 0 Å². The average molecular weight is 959 g/mol. The van der Waals surface area contributed by atoms with E-state index in [1.807, 2.05) is 0 Å². The highest BCUT2D eigenvalue weighted by Gasteiger charge is 2.20. The van der Waals surface area contributed by atoms with Crippen LogP contribution in [0.2, 0.25) is 0 Å². The van der Waals surface area contributed by atoms with Gasteiger partial charge in [0.05, 0.1) is 18.8 Å². The molecule has 4 heteroatoms. The lowest BCUT2D eigenvalue weighted by Gasteiger charge is -2.22. The minimum atomic E-state index is -0.658. The van der Waals surface area contributed by atoms with E-state index in [4.69, 9.17) is 0 Å². The van der Waals surface area contributed by atoms with E-state index < -0.39 is 12.1 Å². The van der Waals surface area contributed by atoms with E-state index in [1.165, 1.54) is 321 Å². The number of rotatable bonds is 60. The van der Waals surface area contributed by atoms with Crippen molar-refractivity contribution in [3.05, 3.63) is 12.2 Å². The predicted octanol–water partition coefficient (Wildman–Crippen LogP) is 21.3. The fourth-order valence-corrected chi connectivity index (χ4v) is 10.4. The number of amides is 1. The van der Waals surface area contributed by atoms with E-state index in [0.29, 0.717) is 12.8 Å². The molecule has 0 aromatic carbocycles. The Bertz CT molecular complexity index is 952. The number of allylic oxidation sites excluding steroid dienone is 2. The first kappa shape index (κ1) is 67.1. The monoisotopic (exact) mass is 958 g/mol. The molecular formula is C64H127NO3. The first-order valence-corrected chi connectivity index (χ1v) is 31.9. The maximum Gasteiger partial charge on any atom is 0.220 e. The van der Waals surface area contributed by atoms with Crippen molar-refractivity contribution in [2.75, 3.05) is 6.61 Å². The smallest absolute Gasteiger partial charge is 0.220 e. The summed E-state index contributed by atoms with van der Waals surface area (Å²) in [4.78, 5) is 12.5. The summed E-state index contributed by atoms with van der Waals surface area (Å²) >= 11 is 0. The van der Waals surface area contributed by atoms with Crippen molar-refractivity contribution < 1.29 is 15.0 Å². The Morgan fingerprint density at radius 2 is 0.559 bits per heavy atom. The zero-order valence-corrected chi connectivity index (χ0v) is 46.9. The van der Waals surface area contributed by atoms with Gasteiger partial charge >= 0.3 is 0 Å². The summed E-state index contributed by atoms with van der Waals surface area (Å²) in [6.45, 7) is 4.41. The molecule has 0 aliphatic carbocycles. The first-order chi connectivity index (χ1) is 33.7. The summed E-state index contributed by atoms with van der Waals surface area (Å²) in [5, 5.41) is 23.4. The molecule has 406 valence electrons. The van der Waals surface area contributed by atoms with E-state index in [9.17, 15) is 15.0 Å². The molecule has 0 spiro atoms. The number of nitrogens with one attached hydrogen (secondary N) is 1. The predicted molar refractivity (Wildman–Crippen MR) is 304 cm³/mol. The fourth-order valence-electron chi connectivity index (χ4n) is 10.4. The van der Waals surface area contributed by atoms with Crippen LogP contribution in [0.5, 0.6) is 0 Å². The third-order valence-electron chi connectivity index (χ3n) is 15.3. The largest absolute Gasteiger partial charge is 0.394 e. The number of aliphatic hydroxyl groups is 2. The van der Waals surface area contributed by atoms with Crippen LogP contribution in [0.25, 0.3) is 0 Å². The van der Waals surface area contributed by atoms with Gasteiger partial charge in [0.15, 0.2) is 0 Å². The maximum absolute atomic E-state index is 12.5. The van der Waals surface area contributed by atoms with Gasteiger partial charge in [-0.2, -0.15) is 0 Å². The molecule has 0 heterocycles. The highest BCUT2D eigenvalue weighted by atomic mass is 16.3. The average Bonchev–Trinajstić information content (AvgIpc) is 3.34. The third kappa shape index (κ3) is 56.0. The lowest BCUT2D eigenvalue weighted by atomic mass is 10.0. The molecule has 0 aliphatic rings. The Labute approximate surface area is 428 Å². The number of hydrogen-bond acceptors (Lipinski definition) is 3. The highest BCUT2D eigenvalue weighted by Crippen LogP contribution is 2.19. The molecule has 0 saturated heterocycles. The van der Waals surface area contributed by atoms with Crippen LogP contribution in [0.1, 0.15) is 373 Å². The van der Waals surface area contributed by atoms with E-state index in [1.54, 1.807) is 0 Å². The Kier molecular flexibility index (Phi) is 59.7. The van der Waals surface area contributed by atoms with Gasteiger partial charge in [-0.3, -0.25) is 4.79 Å². The summed E-state index contributed by atoms with van der Waals surface area (Å²) in [7, 11) is 0. The van der Waals surface area contributed by atoms with Crippen molar-refractivity contribution in [2.24, 2.45) is 0 Å². The van der Waals surface area contributed by atoms with Crippen LogP contribution >= 0.6 is 0 Å². The summed E-state index contributed by atoms with van der Waals surface area (Å²) in [5.74, 6) is -0.0236. The van der Waals surface area contributed by atoms with Crippen LogP contribution in [0.15, 0.2) is 12.2 Å². The number of hydrogen-bond donors (Lipinski definition) is 3. The van der Waals surface area contributed by atoms with E-state index in [-0.39, 0.29) is 12.5 Å². The summed E-state index contributed by atoms with van der Waals surface area (Å²) in [6, 6.07) is -0.535. The topological polar surface area (TPSA) is 69.6 Å². The summed E-state index contributed by atoms with van der Waals surface area (Å²) in [6.07, 6.45) is 79.5. The number of carbonyl (C=O) groups is 1. The SMILES string of the molecule is CCCCCCCCCC/C=C\CCCCCCCCCCCCCCCC(=O)NC(CO)C(O)CCCCCCCCCCCCCCCCCCCCCCCCCCCCCCCCC. The second kappa shape index (κ2) is 60.4. The molecule has 0 aromatic rings. The van der Waals surface area contributed by atoms with E-state index >= 15 is 0 Å². The van der Waals surface area contributed by atoms with Crippen LogP contribution < -0.4 is 5.32 Å². The molecule has 0 rings (SSSR count). The van der Waals surface area contributed by atoms with Gasteiger partial charge in [-0.25, -0.2) is 0 Å². The first-order valence-electron chi connectivity index (χ1n) is 31.9. The number of aliphatic hydroxyl groups excluding tert-OH is 2. The van der Waals surface area contributed by atoms with Gasteiger partial charge in [-0.1, -0.05) is 341 Å². The fraction of sp³-hybridized carbons (Fsp3) is 0.953. The third-order valence-corrected chi connectivity index (χ3v) is 15.3. The molecule has 2 unspecified atom stereocenters. The van der Waals surface area contributed by atoms with Crippen molar-refractivity contribution in [3.63, 3.8) is 0 Å². The maximum atomic E-state index is 12.5. The minimum absolute atomic E-state index is 0.0236. The molecule has 68 heavy (non-hydrogen) atoms. The number of unbranched alkanes of at least 4 members (excludes halogenated alkanes) is 51. The molecule has 0 radical (unpaired) electrons. The standard InChI is InChI=1S/C64H127NO3/c1-3-5-7-9-11-13-15-17-19-21-23-25-27-29-30-31-32-33-34-36-37-39-41-43-45-47-49-51-53-55-57-59-63(67)62(61-66)65-64(68)60-58-56-54-52-50-48-46-44-42-40-38-35-28-26-24-22-20-18-16-14-12-10-8-6-4-2/h22,24,62-63,66-67H,3-21,23,25-61H2,1-2H3,(H,65,68)/b24-22-. The van der Waals surface area contributed by atoms with Crippen molar-refractivity contribution in [1.82, 2.24) is 5.32 Å². The molecule has 0 fully saturated rings. The van der Waals surface area contributed by atoms with Crippen LogP contribution in [-0.2, 0) is 4.79 Å². The van der Waals surface area contributed by atoms with Crippen LogP contribution in [-0.4, -0.2) is 34.9 Å². The molecule has 0 saturated carbocycles. The lowest BCUT2D eigenvalue weighted by molar-refractivity contribution is -0.123. The lowest BCUT2D eigenvalue weighted by Crippen LogP contribution is -2.45. The second-order valence-corrected chi connectivity index (χ2v) is 22.2. The quantitative estimate of drug-likeness (QED) is 0.0420. The zero-order valence-electron chi connectivity index (χ0n) is 46.9. The van der Waals surface area contributed by atoms with Crippen molar-refractivity contribution in [2.45, 2.75) is 386 Å². The van der Waals surface area contributed by atoms with E-state index in [2.05, 4.69) is 31.3 Å². The molecular weight excluding hydrogens is 831 g/mol. The molecule has 4 nitrogen and oxygen atoms in total. The second-order valence-electron chi connectivity index (χ2n) is 22.2. The molecule has 0 aliphatic heterocycles. The van der Waals surface area contributed by atoms with Gasteiger partial charge in [0.1, 0.15) is 0 Å². The molecule has 2 atom stereocenters. The normalized spacial score (nSPS) is 12.7. The molecule has 3 N–H and O–H groups in total. The van der Waals surface area contributed by atoms with Gasteiger partial charge in [0.2, 0.25) is 5.91 Å². The van der Waals surface area contributed by atoms with Crippen molar-refractivity contribution in [1.29, 1.82) is 0 Å². The minimum Gasteiger partial charge on any atom is -0.394 e. The Morgan fingerprint density at radius 3 is 0.809 bits per heavy atom. The summed E-state index contributed by atoms with van der Waals surface area (Å²) < 4.78 is 0. The Balaban J connectivity index is 3.39. The van der Waals surface area contributed by atoms with Gasteiger partial charge in [0.25, 0.3) is 0 Å². The molecule has 1 amide bonds. The Hall–Kier alpha value is -0.870. The number of carbonyl (C=O) groups excluding carboxylic acids is 1. The van der Waals surface area contributed by atoms with Crippen LogP contribution in [0.4, 0.5) is 0 Å². The molecule has 0 bridgehead atoms. The molecule has 0 aromatic heterocycles. The van der Waals surface area contributed by atoms with E-state index in [0.717, 1.165) is 25.7 Å². The Morgan fingerprint density at radius 1 is 0.338 bits per heavy atom. The van der Waals surface area contributed by atoms with Gasteiger partial charge in [0, 0.05) is 6.42 Å². The van der Waals surface area contributed by atoms with Crippen molar-refractivity contribution in [3.8, 4) is 0 Å². The summed E-state index contributed by atoms with van der Waals surface area (Å²) in [5.41, 5.74) is 0. The zero-order chi connectivity index (χ0) is 49.2. The van der Waals surface area contributed by atoms with Crippen molar-refractivity contribution >= 4 is 5.91 Å². The highest BCUT2D eigenvalue weighted by molar-refractivity contribution is 5.76. The van der Waals surface area contributed by atoms with Crippen LogP contribution in [0.3, 0.4) is 0 Å². The van der Waals surface area contributed by atoms with Gasteiger partial charge < -0.3 is 15.5 Å². The van der Waals surface area contributed by atoms with Gasteiger partial charge in [-0.05, 0) is 38.5 Å². The van der Waals surface area contributed by atoms with Gasteiger partial charge in [-0.15, -0.1) is 0 Å².